The fraction of sp³-hybridized carbons (Fsp3) is 0. The minimum Gasteiger partial charge on any atom is -0.393 e. The van der Waals surface area contributed by atoms with Crippen LogP contribution in [0.5, 0.6) is 0 Å². The molecule has 0 unspecified atom stereocenters. The smallest absolute Gasteiger partial charge is 0.269 e. The maximum Gasteiger partial charge on any atom is 0.269 e. The standard InChI is InChI=1S/C18H14ClN7OS/c19-11-7-5-10(6-8-11)17(27)26-25-16-14(20)15(21-9-22-16)24-18-23-12-3-1-2-4-13(12)28-18/h1-9H,20H2,(H,26,27)(H2,21,22,23,24,25). The maximum atomic E-state index is 12.2. The number of aromatic nitrogens is 3. The van der Waals surface area contributed by atoms with E-state index < -0.39 is 0 Å². The second-order valence-corrected chi connectivity index (χ2v) is 7.15. The van der Waals surface area contributed by atoms with Crippen molar-refractivity contribution >= 4 is 61.5 Å². The van der Waals surface area contributed by atoms with E-state index in [1.807, 2.05) is 24.3 Å². The molecule has 28 heavy (non-hydrogen) atoms. The molecular weight excluding hydrogens is 398 g/mol. The van der Waals surface area contributed by atoms with Crippen molar-refractivity contribution in [2.24, 2.45) is 0 Å². The van der Waals surface area contributed by atoms with Gasteiger partial charge in [0.25, 0.3) is 5.91 Å². The Hall–Kier alpha value is -3.43. The lowest BCUT2D eigenvalue weighted by Gasteiger charge is -2.12. The third kappa shape index (κ3) is 3.80. The molecule has 0 bridgehead atoms. The summed E-state index contributed by atoms with van der Waals surface area (Å²) >= 11 is 7.31. The van der Waals surface area contributed by atoms with Crippen LogP contribution in [0.25, 0.3) is 10.2 Å². The summed E-state index contributed by atoms with van der Waals surface area (Å²) < 4.78 is 1.05. The maximum absolute atomic E-state index is 12.2. The molecule has 4 aromatic rings. The number of benzene rings is 2. The van der Waals surface area contributed by atoms with Gasteiger partial charge in [-0.1, -0.05) is 35.1 Å². The monoisotopic (exact) mass is 411 g/mol. The number of para-hydroxylation sites is 1. The highest BCUT2D eigenvalue weighted by atomic mass is 35.5. The second-order valence-electron chi connectivity index (χ2n) is 5.68. The Morgan fingerprint density at radius 1 is 1.04 bits per heavy atom. The van der Waals surface area contributed by atoms with Gasteiger partial charge in [0.1, 0.15) is 12.0 Å². The molecule has 1 amide bonds. The van der Waals surface area contributed by atoms with Gasteiger partial charge in [0.15, 0.2) is 16.8 Å². The van der Waals surface area contributed by atoms with E-state index in [1.165, 1.54) is 17.7 Å². The molecular formula is C18H14ClN7OS. The predicted molar refractivity (Wildman–Crippen MR) is 112 cm³/mol. The van der Waals surface area contributed by atoms with Gasteiger partial charge >= 0.3 is 0 Å². The number of fused-ring (bicyclic) bond motifs is 1. The molecule has 8 nitrogen and oxygen atoms in total. The molecule has 10 heteroatoms. The fourth-order valence-electron chi connectivity index (χ4n) is 2.41. The number of nitrogens with zero attached hydrogens (tertiary/aromatic N) is 3. The zero-order valence-electron chi connectivity index (χ0n) is 14.3. The minimum atomic E-state index is -0.352. The summed E-state index contributed by atoms with van der Waals surface area (Å²) in [6.07, 6.45) is 1.34. The Labute approximate surface area is 168 Å². The van der Waals surface area contributed by atoms with Crippen LogP contribution in [0.1, 0.15) is 10.4 Å². The highest BCUT2D eigenvalue weighted by Gasteiger charge is 2.12. The molecule has 4 rings (SSSR count). The number of carbonyl (C=O) groups is 1. The summed E-state index contributed by atoms with van der Waals surface area (Å²) in [5, 5.41) is 4.30. The van der Waals surface area contributed by atoms with Gasteiger partial charge in [-0.3, -0.25) is 15.6 Å². The van der Waals surface area contributed by atoms with Crippen LogP contribution >= 0.6 is 22.9 Å². The largest absolute Gasteiger partial charge is 0.393 e. The van der Waals surface area contributed by atoms with Gasteiger partial charge in [-0.05, 0) is 36.4 Å². The first-order chi connectivity index (χ1) is 13.6. The molecule has 0 fully saturated rings. The number of hydrogen-bond acceptors (Lipinski definition) is 8. The van der Waals surface area contributed by atoms with Gasteiger partial charge in [-0.2, -0.15) is 0 Å². The van der Waals surface area contributed by atoms with E-state index in [-0.39, 0.29) is 17.4 Å². The van der Waals surface area contributed by atoms with Crippen LogP contribution < -0.4 is 21.9 Å². The van der Waals surface area contributed by atoms with Crippen LogP contribution in [-0.4, -0.2) is 20.9 Å². The van der Waals surface area contributed by atoms with Gasteiger partial charge in [0.05, 0.1) is 10.2 Å². The van der Waals surface area contributed by atoms with Crippen molar-refractivity contribution in [1.29, 1.82) is 0 Å². The van der Waals surface area contributed by atoms with Crippen molar-refractivity contribution in [2.45, 2.75) is 0 Å². The number of amides is 1. The number of hydrazine groups is 1. The van der Waals surface area contributed by atoms with Gasteiger partial charge in [-0.25, -0.2) is 15.0 Å². The molecule has 0 aliphatic rings. The number of halogens is 1. The summed E-state index contributed by atoms with van der Waals surface area (Å²) in [5.74, 6) is 0.300. The van der Waals surface area contributed by atoms with Gasteiger partial charge < -0.3 is 11.1 Å². The quantitative estimate of drug-likeness (QED) is 0.368. The SMILES string of the molecule is Nc1c(NNC(=O)c2ccc(Cl)cc2)ncnc1Nc1nc2ccccc2s1. The van der Waals surface area contributed by atoms with Crippen molar-refractivity contribution in [3.63, 3.8) is 0 Å². The fourth-order valence-corrected chi connectivity index (χ4v) is 3.40. The normalized spacial score (nSPS) is 10.6. The summed E-state index contributed by atoms with van der Waals surface area (Å²) in [5.41, 5.74) is 13.0. The summed E-state index contributed by atoms with van der Waals surface area (Å²) in [7, 11) is 0. The molecule has 2 aromatic heterocycles. The number of nitrogen functional groups attached to an aromatic ring is 1. The second kappa shape index (κ2) is 7.67. The average molecular weight is 412 g/mol. The third-order valence-electron chi connectivity index (χ3n) is 3.80. The van der Waals surface area contributed by atoms with Crippen LogP contribution in [-0.2, 0) is 0 Å². The number of hydrogen-bond donors (Lipinski definition) is 4. The van der Waals surface area contributed by atoms with Crippen molar-refractivity contribution in [3.05, 3.63) is 65.4 Å². The third-order valence-corrected chi connectivity index (χ3v) is 5.01. The molecule has 140 valence electrons. The predicted octanol–water partition coefficient (Wildman–Crippen LogP) is 3.82. The first-order valence-corrected chi connectivity index (χ1v) is 9.34. The number of anilines is 4. The Balaban J connectivity index is 1.48. The van der Waals surface area contributed by atoms with Crippen molar-refractivity contribution in [1.82, 2.24) is 20.4 Å². The van der Waals surface area contributed by atoms with Crippen LogP contribution in [0.15, 0.2) is 54.9 Å². The summed E-state index contributed by atoms with van der Waals surface area (Å²) in [6, 6.07) is 14.3. The first kappa shape index (κ1) is 18.0. The average Bonchev–Trinajstić information content (AvgIpc) is 3.11. The number of rotatable bonds is 5. The number of thiazole rings is 1. The van der Waals surface area contributed by atoms with Crippen molar-refractivity contribution < 1.29 is 4.79 Å². The Morgan fingerprint density at radius 3 is 2.57 bits per heavy atom. The van der Waals surface area contributed by atoms with Gasteiger partial charge in [-0.15, -0.1) is 0 Å². The Bertz CT molecular complexity index is 1110. The molecule has 0 aliphatic heterocycles. The summed E-state index contributed by atoms with van der Waals surface area (Å²) in [6.45, 7) is 0. The van der Waals surface area contributed by atoms with Crippen LogP contribution in [0, 0.1) is 0 Å². The van der Waals surface area contributed by atoms with Crippen molar-refractivity contribution in [3.8, 4) is 0 Å². The molecule has 5 N–H and O–H groups in total. The molecule has 0 atom stereocenters. The van der Waals surface area contributed by atoms with E-state index in [2.05, 4.69) is 31.1 Å². The highest BCUT2D eigenvalue weighted by molar-refractivity contribution is 7.22. The summed E-state index contributed by atoms with van der Waals surface area (Å²) in [4.78, 5) is 24.9. The van der Waals surface area contributed by atoms with E-state index in [4.69, 9.17) is 17.3 Å². The zero-order valence-corrected chi connectivity index (χ0v) is 15.9. The molecule has 0 radical (unpaired) electrons. The first-order valence-electron chi connectivity index (χ1n) is 8.15. The van der Waals surface area contributed by atoms with Gasteiger partial charge in [0.2, 0.25) is 0 Å². The van der Waals surface area contributed by atoms with Crippen LogP contribution in [0.4, 0.5) is 22.5 Å². The van der Waals surface area contributed by atoms with Gasteiger partial charge in [0, 0.05) is 10.6 Å². The molecule has 0 saturated heterocycles. The lowest BCUT2D eigenvalue weighted by Crippen LogP contribution is -2.30. The molecule has 2 aromatic carbocycles. The van der Waals surface area contributed by atoms with E-state index >= 15 is 0 Å². The lowest BCUT2D eigenvalue weighted by atomic mass is 10.2. The van der Waals surface area contributed by atoms with E-state index in [0.717, 1.165) is 10.2 Å². The number of nitrogens with one attached hydrogen (secondary N) is 3. The lowest BCUT2D eigenvalue weighted by molar-refractivity contribution is 0.0962. The number of nitrogens with two attached hydrogens (primary N) is 1. The van der Waals surface area contributed by atoms with E-state index in [9.17, 15) is 4.79 Å². The van der Waals surface area contributed by atoms with Crippen molar-refractivity contribution in [2.75, 3.05) is 16.5 Å². The Kier molecular flexibility index (Phi) is 4.92. The number of carbonyl (C=O) groups excluding carboxylic acids is 1. The molecule has 0 aliphatic carbocycles. The molecule has 0 spiro atoms. The van der Waals surface area contributed by atoms with Crippen LogP contribution in [0.2, 0.25) is 5.02 Å². The topological polar surface area (TPSA) is 118 Å². The molecule has 2 heterocycles. The van der Waals surface area contributed by atoms with E-state index in [0.29, 0.717) is 21.5 Å². The van der Waals surface area contributed by atoms with Crippen LogP contribution in [0.3, 0.4) is 0 Å². The molecule has 0 saturated carbocycles. The zero-order chi connectivity index (χ0) is 19.5. The highest BCUT2D eigenvalue weighted by Crippen LogP contribution is 2.30. The van der Waals surface area contributed by atoms with E-state index in [1.54, 1.807) is 24.3 Å². The Morgan fingerprint density at radius 2 is 1.79 bits per heavy atom. The minimum absolute atomic E-state index is 0.248.